The number of hydrogen-bond donors (Lipinski definition) is 2. The van der Waals surface area contributed by atoms with E-state index < -0.39 is 24.5 Å². The number of amides is 3. The van der Waals surface area contributed by atoms with Crippen LogP contribution in [0.25, 0.3) is 15.9 Å². The average Bonchev–Trinajstić information content (AvgIpc) is 3.21. The normalized spacial score (nSPS) is 10.6. The zero-order valence-electron chi connectivity index (χ0n) is 14.4. The summed E-state index contributed by atoms with van der Waals surface area (Å²) in [5, 5.41) is 10.2. The second kappa shape index (κ2) is 7.77. The van der Waals surface area contributed by atoms with Crippen LogP contribution in [0.1, 0.15) is 15.4 Å². The Hall–Kier alpha value is -2.91. The number of esters is 1. The molecule has 3 rings (SSSR count). The van der Waals surface area contributed by atoms with Crippen molar-refractivity contribution in [2.24, 2.45) is 0 Å². The summed E-state index contributed by atoms with van der Waals surface area (Å²) in [6, 6.07) is 8.18. The van der Waals surface area contributed by atoms with Gasteiger partial charge in [0, 0.05) is 17.5 Å². The van der Waals surface area contributed by atoms with Crippen LogP contribution in [0.2, 0.25) is 5.02 Å². The third kappa shape index (κ3) is 4.09. The Balaban J connectivity index is 1.79. The quantitative estimate of drug-likeness (QED) is 0.648. The van der Waals surface area contributed by atoms with Gasteiger partial charge in [0.05, 0.1) is 11.4 Å². The molecule has 27 heavy (non-hydrogen) atoms. The largest absolute Gasteiger partial charge is 0.451 e. The molecule has 0 unspecified atom stereocenters. The van der Waals surface area contributed by atoms with E-state index in [-0.39, 0.29) is 0 Å². The molecule has 10 heteroatoms. The summed E-state index contributed by atoms with van der Waals surface area (Å²) in [7, 11) is 1.37. The van der Waals surface area contributed by atoms with Crippen LogP contribution < -0.4 is 10.6 Å². The zero-order valence-corrected chi connectivity index (χ0v) is 16.0. The lowest BCUT2D eigenvalue weighted by molar-refractivity contribution is -0.123. The Morgan fingerprint density at radius 1 is 1.26 bits per heavy atom. The van der Waals surface area contributed by atoms with Crippen molar-refractivity contribution in [3.8, 4) is 5.69 Å². The van der Waals surface area contributed by atoms with Crippen molar-refractivity contribution < 1.29 is 19.1 Å². The number of rotatable bonds is 4. The number of nitrogens with one attached hydrogen (secondary N) is 2. The van der Waals surface area contributed by atoms with Gasteiger partial charge in [-0.15, -0.1) is 11.3 Å². The number of halogens is 1. The van der Waals surface area contributed by atoms with Crippen molar-refractivity contribution in [3.05, 3.63) is 45.9 Å². The minimum atomic E-state index is -0.715. The van der Waals surface area contributed by atoms with Crippen LogP contribution in [-0.2, 0) is 9.53 Å². The van der Waals surface area contributed by atoms with Crippen LogP contribution >= 0.6 is 22.9 Å². The summed E-state index contributed by atoms with van der Waals surface area (Å²) in [5.41, 5.74) is 1.57. The fourth-order valence-electron chi connectivity index (χ4n) is 2.33. The molecule has 0 atom stereocenters. The monoisotopic (exact) mass is 406 g/mol. The average molecular weight is 407 g/mol. The van der Waals surface area contributed by atoms with Gasteiger partial charge in [-0.1, -0.05) is 11.6 Å². The molecule has 0 aliphatic carbocycles. The Bertz CT molecular complexity index is 1030. The Labute approximate surface area is 163 Å². The van der Waals surface area contributed by atoms with Crippen molar-refractivity contribution in [1.82, 2.24) is 20.4 Å². The van der Waals surface area contributed by atoms with Crippen LogP contribution in [0, 0.1) is 6.92 Å². The van der Waals surface area contributed by atoms with Gasteiger partial charge in [0.1, 0.15) is 9.71 Å². The minimum absolute atomic E-state index is 0.334. The van der Waals surface area contributed by atoms with Gasteiger partial charge in [-0.25, -0.2) is 14.3 Å². The molecule has 0 bridgehead atoms. The maximum Gasteiger partial charge on any atom is 0.348 e. The van der Waals surface area contributed by atoms with Gasteiger partial charge in [0.15, 0.2) is 6.61 Å². The molecule has 3 aromatic rings. The van der Waals surface area contributed by atoms with E-state index in [4.69, 9.17) is 16.3 Å². The number of ether oxygens (including phenoxy) is 1. The molecule has 140 valence electrons. The van der Waals surface area contributed by atoms with E-state index in [1.54, 1.807) is 22.9 Å². The molecule has 0 aliphatic rings. The number of urea groups is 1. The molecule has 0 fully saturated rings. The second-order valence-electron chi connectivity index (χ2n) is 5.51. The Morgan fingerprint density at radius 2 is 1.96 bits per heavy atom. The Kier molecular flexibility index (Phi) is 5.43. The summed E-state index contributed by atoms with van der Waals surface area (Å²) >= 11 is 7.13. The highest BCUT2D eigenvalue weighted by Crippen LogP contribution is 2.31. The molecular formula is C17H15ClN4O4S. The lowest BCUT2D eigenvalue weighted by atomic mass is 10.3. The van der Waals surface area contributed by atoms with E-state index in [1.165, 1.54) is 18.4 Å². The van der Waals surface area contributed by atoms with Gasteiger partial charge >= 0.3 is 12.0 Å². The predicted molar refractivity (Wildman–Crippen MR) is 102 cm³/mol. The summed E-state index contributed by atoms with van der Waals surface area (Å²) in [6.07, 6.45) is 0. The number of nitrogens with zero attached hydrogens (tertiary/aromatic N) is 2. The first-order valence-electron chi connectivity index (χ1n) is 7.83. The number of aryl methyl sites for hydroxylation is 1. The van der Waals surface area contributed by atoms with E-state index in [9.17, 15) is 14.4 Å². The van der Waals surface area contributed by atoms with E-state index in [1.807, 2.05) is 24.4 Å². The minimum Gasteiger partial charge on any atom is -0.451 e. The van der Waals surface area contributed by atoms with Gasteiger partial charge < -0.3 is 10.1 Å². The highest BCUT2D eigenvalue weighted by molar-refractivity contribution is 7.20. The molecule has 0 aliphatic heterocycles. The van der Waals surface area contributed by atoms with Crippen LogP contribution in [0.3, 0.4) is 0 Å². The molecule has 2 aromatic heterocycles. The summed E-state index contributed by atoms with van der Waals surface area (Å²) in [4.78, 5) is 35.9. The maximum atomic E-state index is 12.2. The molecule has 0 spiro atoms. The van der Waals surface area contributed by atoms with Crippen molar-refractivity contribution in [2.75, 3.05) is 13.7 Å². The van der Waals surface area contributed by atoms with Crippen molar-refractivity contribution in [2.45, 2.75) is 6.92 Å². The molecule has 0 radical (unpaired) electrons. The first-order chi connectivity index (χ1) is 12.9. The zero-order chi connectivity index (χ0) is 19.6. The molecule has 0 saturated heterocycles. The molecular weight excluding hydrogens is 392 g/mol. The van der Waals surface area contributed by atoms with Gasteiger partial charge in [0.2, 0.25) is 0 Å². The molecule has 2 N–H and O–H groups in total. The molecule has 0 saturated carbocycles. The standard InChI is InChI=1S/C17H15ClN4O4S/c1-9-12-7-13(16(24)26-8-14(23)20-17(25)19-2)27-15(12)22(21-9)11-5-3-10(18)4-6-11/h3-7H,8H2,1-2H3,(H2,19,20,23,25). The summed E-state index contributed by atoms with van der Waals surface area (Å²) in [5.74, 6) is -1.36. The first-order valence-corrected chi connectivity index (χ1v) is 9.02. The highest BCUT2D eigenvalue weighted by atomic mass is 35.5. The van der Waals surface area contributed by atoms with Gasteiger partial charge in [-0.05, 0) is 37.3 Å². The second-order valence-corrected chi connectivity index (χ2v) is 6.97. The maximum absolute atomic E-state index is 12.2. The first kappa shape index (κ1) is 18.9. The van der Waals surface area contributed by atoms with Gasteiger partial charge in [0.25, 0.3) is 5.91 Å². The third-order valence-electron chi connectivity index (χ3n) is 3.63. The van der Waals surface area contributed by atoms with Crippen LogP contribution in [-0.4, -0.2) is 41.3 Å². The number of imide groups is 1. The van der Waals surface area contributed by atoms with Crippen molar-refractivity contribution >= 4 is 51.1 Å². The predicted octanol–water partition coefficient (Wildman–Crippen LogP) is 2.66. The smallest absolute Gasteiger partial charge is 0.348 e. The van der Waals surface area contributed by atoms with Crippen molar-refractivity contribution in [1.29, 1.82) is 0 Å². The SMILES string of the molecule is CNC(=O)NC(=O)COC(=O)c1cc2c(C)nn(-c3ccc(Cl)cc3)c2s1. The molecule has 1 aromatic carbocycles. The summed E-state index contributed by atoms with van der Waals surface area (Å²) in [6.45, 7) is 1.29. The fourth-order valence-corrected chi connectivity index (χ4v) is 3.54. The Morgan fingerprint density at radius 3 is 2.63 bits per heavy atom. The number of aromatic nitrogens is 2. The van der Waals surface area contributed by atoms with Crippen LogP contribution in [0.4, 0.5) is 4.79 Å². The van der Waals surface area contributed by atoms with Crippen molar-refractivity contribution in [3.63, 3.8) is 0 Å². The molecule has 3 amide bonds. The van der Waals surface area contributed by atoms with E-state index in [0.29, 0.717) is 9.90 Å². The topological polar surface area (TPSA) is 102 Å². The number of carbonyl (C=O) groups excluding carboxylic acids is 3. The van der Waals surface area contributed by atoms with Crippen LogP contribution in [0.15, 0.2) is 30.3 Å². The number of fused-ring (bicyclic) bond motifs is 1. The fraction of sp³-hybridized carbons (Fsp3) is 0.176. The van der Waals surface area contributed by atoms with Gasteiger partial charge in [-0.3, -0.25) is 10.1 Å². The van der Waals surface area contributed by atoms with E-state index in [2.05, 4.69) is 10.4 Å². The number of hydrogen-bond acceptors (Lipinski definition) is 6. The molecule has 8 nitrogen and oxygen atoms in total. The number of carbonyl (C=O) groups is 3. The highest BCUT2D eigenvalue weighted by Gasteiger charge is 2.19. The lowest BCUT2D eigenvalue weighted by Gasteiger charge is -2.04. The van der Waals surface area contributed by atoms with E-state index in [0.717, 1.165) is 21.6 Å². The number of benzene rings is 1. The number of thiophene rings is 1. The summed E-state index contributed by atoms with van der Waals surface area (Å²) < 4.78 is 6.69. The van der Waals surface area contributed by atoms with Gasteiger partial charge in [-0.2, -0.15) is 5.10 Å². The van der Waals surface area contributed by atoms with Crippen LogP contribution in [0.5, 0.6) is 0 Å². The molecule has 2 heterocycles. The lowest BCUT2D eigenvalue weighted by Crippen LogP contribution is -2.39. The van der Waals surface area contributed by atoms with E-state index >= 15 is 0 Å². The third-order valence-corrected chi connectivity index (χ3v) is 4.97.